The Hall–Kier alpha value is -1.11. The monoisotopic (exact) mass is 254 g/mol. The molecule has 4 rings (SSSR count). The molecule has 100 valence electrons. The second kappa shape index (κ2) is 3.13. The molecule has 1 spiro atoms. The molecule has 19 heavy (non-hydrogen) atoms. The summed E-state index contributed by atoms with van der Waals surface area (Å²) in [5.41, 5.74) is 6.12. The van der Waals surface area contributed by atoms with Gasteiger partial charge in [0, 0.05) is 17.3 Å². The summed E-state index contributed by atoms with van der Waals surface area (Å²) < 4.78 is 0. The topological polar surface area (TPSA) is 17.1 Å². The van der Waals surface area contributed by atoms with Crippen LogP contribution in [0.5, 0.6) is 0 Å². The molecule has 1 saturated carbocycles. The van der Waals surface area contributed by atoms with Gasteiger partial charge in [0.25, 0.3) is 0 Å². The SMILES string of the molecule is CC1=C(C)C2C3=C(C1)C(=O)C1CC=CCC31C2(C)C. The third kappa shape index (κ3) is 0.978. The van der Waals surface area contributed by atoms with Crippen LogP contribution in [-0.4, -0.2) is 5.78 Å². The number of carbonyl (C=O) groups excluding carboxylic acids is 1. The van der Waals surface area contributed by atoms with Gasteiger partial charge in [-0.1, -0.05) is 37.1 Å². The smallest absolute Gasteiger partial charge is 0.163 e. The molecular weight excluding hydrogens is 232 g/mol. The number of hydrogen-bond donors (Lipinski definition) is 0. The largest absolute Gasteiger partial charge is 0.294 e. The van der Waals surface area contributed by atoms with Crippen molar-refractivity contribution in [2.75, 3.05) is 0 Å². The summed E-state index contributed by atoms with van der Waals surface area (Å²) in [7, 11) is 0. The van der Waals surface area contributed by atoms with E-state index in [0.29, 0.717) is 11.7 Å². The third-order valence-corrected chi connectivity index (χ3v) is 6.70. The first-order valence-corrected chi connectivity index (χ1v) is 7.52. The van der Waals surface area contributed by atoms with E-state index in [4.69, 9.17) is 0 Å². The van der Waals surface area contributed by atoms with E-state index in [1.54, 1.807) is 5.57 Å². The van der Waals surface area contributed by atoms with Gasteiger partial charge in [-0.25, -0.2) is 0 Å². The predicted molar refractivity (Wildman–Crippen MR) is 76.6 cm³/mol. The normalized spacial score (nSPS) is 42.2. The van der Waals surface area contributed by atoms with Crippen molar-refractivity contribution in [2.45, 2.75) is 47.0 Å². The number of rotatable bonds is 0. The van der Waals surface area contributed by atoms with Crippen LogP contribution in [0.25, 0.3) is 0 Å². The standard InChI is InChI=1S/C18H22O/c1-10-9-12-15-14(11(10)2)17(3,4)18(15)8-6-5-7-13(18)16(12)19/h5-6,13-14H,7-9H2,1-4H3. The molecular formula is C18H22O. The van der Waals surface area contributed by atoms with Crippen LogP contribution in [0, 0.1) is 22.7 Å². The Morgan fingerprint density at radius 1 is 1.21 bits per heavy atom. The second-order valence-corrected chi connectivity index (χ2v) is 7.49. The van der Waals surface area contributed by atoms with Gasteiger partial charge in [-0.15, -0.1) is 0 Å². The summed E-state index contributed by atoms with van der Waals surface area (Å²) in [6.45, 7) is 9.29. The molecule has 3 atom stereocenters. The van der Waals surface area contributed by atoms with Crippen molar-refractivity contribution in [1.29, 1.82) is 0 Å². The Morgan fingerprint density at radius 3 is 2.68 bits per heavy atom. The lowest BCUT2D eigenvalue weighted by molar-refractivity contribution is -0.128. The molecule has 1 nitrogen and oxygen atoms in total. The van der Waals surface area contributed by atoms with Gasteiger partial charge in [0.2, 0.25) is 0 Å². The zero-order chi connectivity index (χ0) is 13.6. The molecule has 0 aliphatic heterocycles. The fourth-order valence-electron chi connectivity index (χ4n) is 5.71. The molecule has 3 unspecified atom stereocenters. The quantitative estimate of drug-likeness (QED) is 0.592. The molecule has 0 N–H and O–H groups in total. The summed E-state index contributed by atoms with van der Waals surface area (Å²) in [4.78, 5) is 12.8. The molecule has 1 fully saturated rings. The van der Waals surface area contributed by atoms with Gasteiger partial charge in [-0.3, -0.25) is 4.79 Å². The summed E-state index contributed by atoms with van der Waals surface area (Å²) >= 11 is 0. The van der Waals surface area contributed by atoms with Crippen LogP contribution in [0.1, 0.15) is 47.0 Å². The van der Waals surface area contributed by atoms with E-state index in [1.807, 2.05) is 0 Å². The first-order chi connectivity index (χ1) is 8.93. The van der Waals surface area contributed by atoms with Gasteiger partial charge in [-0.05, 0) is 49.7 Å². The Bertz CT molecular complexity index is 599. The molecule has 1 heteroatoms. The molecule has 0 heterocycles. The van der Waals surface area contributed by atoms with Gasteiger partial charge in [0.15, 0.2) is 5.78 Å². The van der Waals surface area contributed by atoms with E-state index in [-0.39, 0.29) is 16.7 Å². The fourth-order valence-corrected chi connectivity index (χ4v) is 5.71. The number of hydrogen-bond acceptors (Lipinski definition) is 1. The highest BCUT2D eigenvalue weighted by Crippen LogP contribution is 2.77. The van der Waals surface area contributed by atoms with Crippen LogP contribution >= 0.6 is 0 Å². The maximum absolute atomic E-state index is 12.8. The minimum atomic E-state index is 0.167. The predicted octanol–water partition coefficient (Wildman–Crippen LogP) is 4.21. The lowest BCUT2D eigenvalue weighted by Crippen LogP contribution is -2.60. The minimum absolute atomic E-state index is 0.167. The average molecular weight is 254 g/mol. The highest BCUT2D eigenvalue weighted by atomic mass is 16.1. The van der Waals surface area contributed by atoms with Crippen molar-refractivity contribution in [3.05, 3.63) is 34.4 Å². The maximum Gasteiger partial charge on any atom is 0.163 e. The highest BCUT2D eigenvalue weighted by Gasteiger charge is 2.72. The van der Waals surface area contributed by atoms with Crippen molar-refractivity contribution >= 4 is 5.78 Å². The van der Waals surface area contributed by atoms with Crippen molar-refractivity contribution in [2.24, 2.45) is 22.7 Å². The van der Waals surface area contributed by atoms with Crippen molar-refractivity contribution in [3.63, 3.8) is 0 Å². The minimum Gasteiger partial charge on any atom is -0.294 e. The Balaban J connectivity index is 1.97. The lowest BCUT2D eigenvalue weighted by atomic mass is 9.36. The Kier molecular flexibility index (Phi) is 1.93. The van der Waals surface area contributed by atoms with Crippen LogP contribution in [0.4, 0.5) is 0 Å². The van der Waals surface area contributed by atoms with Crippen molar-refractivity contribution in [1.82, 2.24) is 0 Å². The first kappa shape index (κ1) is 11.7. The molecule has 0 saturated heterocycles. The molecule has 0 bridgehead atoms. The van der Waals surface area contributed by atoms with Crippen LogP contribution in [-0.2, 0) is 4.79 Å². The van der Waals surface area contributed by atoms with Gasteiger partial charge >= 0.3 is 0 Å². The molecule has 0 aromatic carbocycles. The molecule has 0 aromatic heterocycles. The summed E-state index contributed by atoms with van der Waals surface area (Å²) in [5, 5.41) is 0. The molecule has 4 aliphatic carbocycles. The number of carbonyl (C=O) groups is 1. The van der Waals surface area contributed by atoms with Crippen molar-refractivity contribution in [3.8, 4) is 0 Å². The molecule has 0 aromatic rings. The Morgan fingerprint density at radius 2 is 1.95 bits per heavy atom. The number of allylic oxidation sites excluding steroid dienone is 6. The lowest BCUT2D eigenvalue weighted by Gasteiger charge is -2.66. The van der Waals surface area contributed by atoms with Crippen LogP contribution in [0.3, 0.4) is 0 Å². The fraction of sp³-hybridized carbons (Fsp3) is 0.611. The summed E-state index contributed by atoms with van der Waals surface area (Å²) in [6.07, 6.45) is 7.50. The van der Waals surface area contributed by atoms with E-state index >= 15 is 0 Å². The van der Waals surface area contributed by atoms with E-state index in [9.17, 15) is 4.79 Å². The summed E-state index contributed by atoms with van der Waals surface area (Å²) in [6, 6.07) is 0. The molecule has 0 amide bonds. The zero-order valence-corrected chi connectivity index (χ0v) is 12.3. The average Bonchev–Trinajstić information content (AvgIpc) is 2.61. The summed E-state index contributed by atoms with van der Waals surface area (Å²) in [5.74, 6) is 1.26. The number of Topliss-reactive ketones (excluding diaryl/α,β-unsaturated/α-hetero) is 1. The van der Waals surface area contributed by atoms with Gasteiger partial charge in [0.1, 0.15) is 0 Å². The highest BCUT2D eigenvalue weighted by molar-refractivity contribution is 6.04. The van der Waals surface area contributed by atoms with E-state index < -0.39 is 0 Å². The van der Waals surface area contributed by atoms with Gasteiger partial charge in [0.05, 0.1) is 0 Å². The van der Waals surface area contributed by atoms with E-state index in [2.05, 4.69) is 39.8 Å². The third-order valence-electron chi connectivity index (χ3n) is 6.70. The molecule has 0 radical (unpaired) electrons. The van der Waals surface area contributed by atoms with Crippen LogP contribution in [0.15, 0.2) is 34.4 Å². The Labute approximate surface area is 115 Å². The van der Waals surface area contributed by atoms with Gasteiger partial charge < -0.3 is 0 Å². The van der Waals surface area contributed by atoms with Crippen LogP contribution in [0.2, 0.25) is 0 Å². The first-order valence-electron chi connectivity index (χ1n) is 7.52. The van der Waals surface area contributed by atoms with E-state index in [0.717, 1.165) is 19.3 Å². The second-order valence-electron chi connectivity index (χ2n) is 7.49. The zero-order valence-electron chi connectivity index (χ0n) is 12.3. The van der Waals surface area contributed by atoms with Crippen molar-refractivity contribution < 1.29 is 4.79 Å². The van der Waals surface area contributed by atoms with Crippen LogP contribution < -0.4 is 0 Å². The van der Waals surface area contributed by atoms with Gasteiger partial charge in [-0.2, -0.15) is 0 Å². The number of ketones is 1. The molecule has 4 aliphatic rings. The maximum atomic E-state index is 12.8. The van der Waals surface area contributed by atoms with E-state index in [1.165, 1.54) is 16.7 Å².